The summed E-state index contributed by atoms with van der Waals surface area (Å²) in [5.74, 6) is -1.36. The van der Waals surface area contributed by atoms with Crippen LogP contribution in [0, 0.1) is 0 Å². The van der Waals surface area contributed by atoms with Crippen LogP contribution in [0.4, 0.5) is 0 Å². The predicted octanol–water partition coefficient (Wildman–Crippen LogP) is 3.08. The highest BCUT2D eigenvalue weighted by molar-refractivity contribution is 6.36. The molecular formula is C22H25Cl2N3O4. The fraction of sp³-hybridized carbons (Fsp3) is 0.318. The van der Waals surface area contributed by atoms with Crippen LogP contribution in [0.2, 0.25) is 10.0 Å². The molecule has 31 heavy (non-hydrogen) atoms. The van der Waals surface area contributed by atoms with Crippen LogP contribution in [0.5, 0.6) is 0 Å². The number of amides is 3. The first-order chi connectivity index (χ1) is 14.8. The fourth-order valence-electron chi connectivity index (χ4n) is 2.55. The SMILES string of the molecule is CC(C)OCc1ccccc1CNC(=O)CNC(=O)CNC(=O)c1ccc(Cl)cc1Cl. The molecule has 9 heteroatoms. The molecule has 0 aliphatic carbocycles. The van der Waals surface area contributed by atoms with Crippen LogP contribution in [0.3, 0.4) is 0 Å². The molecule has 2 aromatic carbocycles. The second-order valence-corrected chi connectivity index (χ2v) is 7.83. The Bertz CT molecular complexity index is 935. The number of carbonyl (C=O) groups is 3. The summed E-state index contributed by atoms with van der Waals surface area (Å²) in [6.07, 6.45) is 0.106. The highest BCUT2D eigenvalue weighted by Gasteiger charge is 2.13. The highest BCUT2D eigenvalue weighted by Crippen LogP contribution is 2.20. The predicted molar refractivity (Wildman–Crippen MR) is 120 cm³/mol. The largest absolute Gasteiger partial charge is 0.374 e. The van der Waals surface area contributed by atoms with Crippen molar-refractivity contribution in [1.29, 1.82) is 0 Å². The number of hydrogen-bond donors (Lipinski definition) is 3. The van der Waals surface area contributed by atoms with Gasteiger partial charge in [0.25, 0.3) is 5.91 Å². The third-order valence-corrected chi connectivity index (χ3v) is 4.75. The standard InChI is InChI=1S/C22H25Cl2N3O4/c1-14(2)31-13-16-6-4-3-5-15(16)10-25-20(28)11-26-21(29)12-27-22(30)18-8-7-17(23)9-19(18)24/h3-9,14H,10-13H2,1-2H3,(H,25,28)(H,26,29)(H,27,30). The van der Waals surface area contributed by atoms with Crippen LogP contribution in [0.25, 0.3) is 0 Å². The summed E-state index contributed by atoms with van der Waals surface area (Å²) in [7, 11) is 0. The van der Waals surface area contributed by atoms with E-state index in [4.69, 9.17) is 27.9 Å². The zero-order valence-electron chi connectivity index (χ0n) is 17.3. The van der Waals surface area contributed by atoms with Crippen molar-refractivity contribution in [3.05, 3.63) is 69.2 Å². The first kappa shape index (κ1) is 24.7. The summed E-state index contributed by atoms with van der Waals surface area (Å²) in [4.78, 5) is 36.1. The molecule has 0 saturated heterocycles. The molecule has 0 aliphatic rings. The number of benzene rings is 2. The molecule has 0 saturated carbocycles. The van der Waals surface area contributed by atoms with Crippen LogP contribution in [-0.2, 0) is 27.5 Å². The quantitative estimate of drug-likeness (QED) is 0.502. The molecule has 0 bridgehead atoms. The molecule has 0 heterocycles. The molecule has 0 spiro atoms. The zero-order valence-corrected chi connectivity index (χ0v) is 18.8. The van der Waals surface area contributed by atoms with Crippen LogP contribution >= 0.6 is 23.2 Å². The monoisotopic (exact) mass is 465 g/mol. The Morgan fingerprint density at radius 2 is 1.55 bits per heavy atom. The van der Waals surface area contributed by atoms with Crippen molar-refractivity contribution in [1.82, 2.24) is 16.0 Å². The summed E-state index contributed by atoms with van der Waals surface area (Å²) >= 11 is 11.8. The minimum Gasteiger partial charge on any atom is -0.374 e. The summed E-state index contributed by atoms with van der Waals surface area (Å²) < 4.78 is 5.63. The molecule has 0 aliphatic heterocycles. The van der Waals surface area contributed by atoms with E-state index in [1.807, 2.05) is 38.1 Å². The summed E-state index contributed by atoms with van der Waals surface area (Å²) in [6.45, 7) is 4.19. The lowest BCUT2D eigenvalue weighted by Gasteiger charge is -2.13. The van der Waals surface area contributed by atoms with Gasteiger partial charge in [-0.05, 0) is 43.2 Å². The molecule has 7 nitrogen and oxygen atoms in total. The van der Waals surface area contributed by atoms with Crippen molar-refractivity contribution >= 4 is 40.9 Å². The Labute approximate surface area is 191 Å². The lowest BCUT2D eigenvalue weighted by Crippen LogP contribution is -2.41. The van der Waals surface area contributed by atoms with Gasteiger partial charge >= 0.3 is 0 Å². The normalized spacial score (nSPS) is 10.6. The number of hydrogen-bond acceptors (Lipinski definition) is 4. The minimum absolute atomic E-state index is 0.106. The van der Waals surface area contributed by atoms with Gasteiger partial charge < -0.3 is 20.7 Å². The van der Waals surface area contributed by atoms with E-state index in [0.717, 1.165) is 11.1 Å². The maximum atomic E-state index is 12.1. The van der Waals surface area contributed by atoms with Crippen LogP contribution in [-0.4, -0.2) is 36.9 Å². The van der Waals surface area contributed by atoms with Gasteiger partial charge in [0.1, 0.15) is 0 Å². The molecule has 3 N–H and O–H groups in total. The molecule has 2 rings (SSSR count). The maximum absolute atomic E-state index is 12.1. The van der Waals surface area contributed by atoms with E-state index in [2.05, 4.69) is 16.0 Å². The Balaban J connectivity index is 1.74. The van der Waals surface area contributed by atoms with E-state index in [0.29, 0.717) is 18.2 Å². The average molecular weight is 466 g/mol. The molecule has 0 unspecified atom stereocenters. The zero-order chi connectivity index (χ0) is 22.8. The number of carbonyl (C=O) groups excluding carboxylic acids is 3. The number of halogens is 2. The molecule has 2 aromatic rings. The Hall–Kier alpha value is -2.61. The average Bonchev–Trinajstić information content (AvgIpc) is 2.73. The molecule has 0 radical (unpaired) electrons. The lowest BCUT2D eigenvalue weighted by atomic mass is 10.1. The van der Waals surface area contributed by atoms with Crippen molar-refractivity contribution < 1.29 is 19.1 Å². The van der Waals surface area contributed by atoms with Gasteiger partial charge in [-0.1, -0.05) is 47.5 Å². The molecule has 0 aromatic heterocycles. The van der Waals surface area contributed by atoms with E-state index in [-0.39, 0.29) is 35.7 Å². The van der Waals surface area contributed by atoms with Crippen molar-refractivity contribution in [2.75, 3.05) is 13.1 Å². The molecule has 3 amide bonds. The molecule has 166 valence electrons. The van der Waals surface area contributed by atoms with Crippen molar-refractivity contribution in [3.8, 4) is 0 Å². The first-order valence-electron chi connectivity index (χ1n) is 9.71. The van der Waals surface area contributed by atoms with Gasteiger partial charge in [-0.25, -0.2) is 0 Å². The van der Waals surface area contributed by atoms with Gasteiger partial charge in [0.2, 0.25) is 11.8 Å². The minimum atomic E-state index is -0.513. The second-order valence-electron chi connectivity index (χ2n) is 6.99. The molecular weight excluding hydrogens is 441 g/mol. The first-order valence-corrected chi connectivity index (χ1v) is 10.5. The molecule has 0 atom stereocenters. The topological polar surface area (TPSA) is 96.5 Å². The summed E-state index contributed by atoms with van der Waals surface area (Å²) in [5.41, 5.74) is 2.13. The number of ether oxygens (including phenoxy) is 1. The van der Waals surface area contributed by atoms with Crippen LogP contribution < -0.4 is 16.0 Å². The maximum Gasteiger partial charge on any atom is 0.253 e. The second kappa shape index (κ2) is 12.3. The number of nitrogens with one attached hydrogen (secondary N) is 3. The highest BCUT2D eigenvalue weighted by atomic mass is 35.5. The van der Waals surface area contributed by atoms with E-state index < -0.39 is 11.8 Å². The molecule has 0 fully saturated rings. The van der Waals surface area contributed by atoms with E-state index in [9.17, 15) is 14.4 Å². The Morgan fingerprint density at radius 1 is 0.903 bits per heavy atom. The van der Waals surface area contributed by atoms with E-state index >= 15 is 0 Å². The van der Waals surface area contributed by atoms with Gasteiger partial charge in [0.05, 0.1) is 36.4 Å². The smallest absolute Gasteiger partial charge is 0.253 e. The Kier molecular flexibility index (Phi) is 9.78. The fourth-order valence-corrected chi connectivity index (χ4v) is 3.05. The summed E-state index contributed by atoms with van der Waals surface area (Å²) in [6, 6.07) is 12.1. The van der Waals surface area contributed by atoms with Crippen molar-refractivity contribution in [3.63, 3.8) is 0 Å². The lowest BCUT2D eigenvalue weighted by molar-refractivity contribution is -0.125. The van der Waals surface area contributed by atoms with Gasteiger partial charge in [0, 0.05) is 11.6 Å². The van der Waals surface area contributed by atoms with Gasteiger partial charge in [-0.3, -0.25) is 14.4 Å². The van der Waals surface area contributed by atoms with Crippen LogP contribution in [0.1, 0.15) is 35.3 Å². The van der Waals surface area contributed by atoms with Gasteiger partial charge in [0.15, 0.2) is 0 Å². The van der Waals surface area contributed by atoms with E-state index in [1.54, 1.807) is 0 Å². The van der Waals surface area contributed by atoms with Gasteiger partial charge in [-0.2, -0.15) is 0 Å². The van der Waals surface area contributed by atoms with Gasteiger partial charge in [-0.15, -0.1) is 0 Å². The Morgan fingerprint density at radius 3 is 2.23 bits per heavy atom. The van der Waals surface area contributed by atoms with Crippen LogP contribution in [0.15, 0.2) is 42.5 Å². The van der Waals surface area contributed by atoms with Crippen molar-refractivity contribution in [2.45, 2.75) is 33.1 Å². The third kappa shape index (κ3) is 8.57. The third-order valence-electron chi connectivity index (χ3n) is 4.20. The number of rotatable bonds is 10. The van der Waals surface area contributed by atoms with Crippen molar-refractivity contribution in [2.24, 2.45) is 0 Å². The van der Waals surface area contributed by atoms with E-state index in [1.165, 1.54) is 18.2 Å². The summed E-state index contributed by atoms with van der Waals surface area (Å²) in [5, 5.41) is 8.25.